The largest absolute Gasteiger partial charge is 0.496 e. The summed E-state index contributed by atoms with van der Waals surface area (Å²) in [4.78, 5) is 9.72. The van der Waals surface area contributed by atoms with E-state index in [9.17, 15) is 0 Å². The Morgan fingerprint density at radius 2 is 1.61 bits per heavy atom. The van der Waals surface area contributed by atoms with Crippen LogP contribution in [-0.4, -0.2) is 17.1 Å². The van der Waals surface area contributed by atoms with Crippen LogP contribution in [0.5, 0.6) is 5.75 Å². The number of hydrogen-bond donors (Lipinski definition) is 0. The average molecular weight is 306 g/mol. The molecule has 0 aliphatic rings. The number of hydrogen-bond acceptors (Lipinski definition) is 3. The summed E-state index contributed by atoms with van der Waals surface area (Å²) in [6.45, 7) is 8.60. The lowest BCUT2D eigenvalue weighted by Gasteiger charge is -2.22. The highest BCUT2D eigenvalue weighted by atomic mass is 16.5. The molecule has 23 heavy (non-hydrogen) atoms. The summed E-state index contributed by atoms with van der Waals surface area (Å²) in [5.74, 6) is 1.62. The minimum Gasteiger partial charge on any atom is -0.496 e. The molecule has 3 heteroatoms. The van der Waals surface area contributed by atoms with Gasteiger partial charge in [0.05, 0.1) is 18.3 Å². The fraction of sp³-hybridized carbons (Fsp3) is 0.300. The molecule has 0 fully saturated rings. The first-order chi connectivity index (χ1) is 10.9. The summed E-state index contributed by atoms with van der Waals surface area (Å²) in [7, 11) is 1.69. The summed E-state index contributed by atoms with van der Waals surface area (Å²) in [5, 5.41) is 1.09. The lowest BCUT2D eigenvalue weighted by molar-refractivity contribution is 0.412. The summed E-state index contributed by atoms with van der Waals surface area (Å²) in [5.41, 5.74) is 4.04. The lowest BCUT2D eigenvalue weighted by atomic mass is 9.88. The van der Waals surface area contributed by atoms with E-state index in [0.29, 0.717) is 0 Å². The molecule has 3 aromatic rings. The third kappa shape index (κ3) is 2.79. The van der Waals surface area contributed by atoms with Crippen LogP contribution in [0.25, 0.3) is 22.3 Å². The van der Waals surface area contributed by atoms with Crippen LogP contribution < -0.4 is 4.74 Å². The highest BCUT2D eigenvalue weighted by Crippen LogP contribution is 2.34. The van der Waals surface area contributed by atoms with Gasteiger partial charge >= 0.3 is 0 Å². The molecule has 0 radical (unpaired) electrons. The number of aryl methyl sites for hydroxylation is 1. The van der Waals surface area contributed by atoms with Crippen LogP contribution in [0.4, 0.5) is 0 Å². The normalized spacial score (nSPS) is 11.7. The quantitative estimate of drug-likeness (QED) is 0.674. The van der Waals surface area contributed by atoms with Crippen molar-refractivity contribution < 1.29 is 4.74 Å². The molecular weight excluding hydrogens is 284 g/mol. The average Bonchev–Trinajstić information content (AvgIpc) is 2.54. The summed E-state index contributed by atoms with van der Waals surface area (Å²) in [6, 6.07) is 14.2. The van der Waals surface area contributed by atoms with Crippen molar-refractivity contribution in [2.75, 3.05) is 7.11 Å². The molecule has 0 N–H and O–H groups in total. The van der Waals surface area contributed by atoms with Crippen LogP contribution in [0.2, 0.25) is 0 Å². The molecule has 0 aliphatic heterocycles. The lowest BCUT2D eigenvalue weighted by Crippen LogP contribution is -2.16. The smallest absolute Gasteiger partial charge is 0.160 e. The number of fused-ring (bicyclic) bond motifs is 1. The van der Waals surface area contributed by atoms with Gasteiger partial charge in [0, 0.05) is 21.9 Å². The fourth-order valence-corrected chi connectivity index (χ4v) is 2.82. The maximum atomic E-state index is 5.46. The number of nitrogens with zero attached hydrogens (tertiary/aromatic N) is 2. The molecule has 0 saturated carbocycles. The molecule has 0 amide bonds. The molecule has 2 aromatic carbocycles. The van der Waals surface area contributed by atoms with Crippen LogP contribution in [0.15, 0.2) is 42.5 Å². The number of ether oxygens (including phenoxy) is 1. The zero-order valence-corrected chi connectivity index (χ0v) is 14.3. The van der Waals surface area contributed by atoms with Crippen molar-refractivity contribution >= 4 is 10.9 Å². The van der Waals surface area contributed by atoms with E-state index in [2.05, 4.69) is 33.8 Å². The van der Waals surface area contributed by atoms with E-state index in [1.807, 2.05) is 36.4 Å². The first-order valence-electron chi connectivity index (χ1n) is 7.83. The Morgan fingerprint density at radius 3 is 2.22 bits per heavy atom. The fourth-order valence-electron chi connectivity index (χ4n) is 2.82. The van der Waals surface area contributed by atoms with Crippen molar-refractivity contribution in [3.8, 4) is 17.1 Å². The second kappa shape index (κ2) is 5.65. The second-order valence-electron chi connectivity index (χ2n) is 6.80. The van der Waals surface area contributed by atoms with Gasteiger partial charge in [0.2, 0.25) is 0 Å². The Bertz CT molecular complexity index is 849. The van der Waals surface area contributed by atoms with Crippen LogP contribution in [-0.2, 0) is 5.41 Å². The highest BCUT2D eigenvalue weighted by molar-refractivity contribution is 5.88. The first-order valence-corrected chi connectivity index (χ1v) is 7.83. The van der Waals surface area contributed by atoms with E-state index in [1.54, 1.807) is 7.11 Å². The molecule has 0 aliphatic carbocycles. The monoisotopic (exact) mass is 306 g/mol. The van der Waals surface area contributed by atoms with Gasteiger partial charge in [-0.3, -0.25) is 0 Å². The Hall–Kier alpha value is -2.42. The predicted molar refractivity (Wildman–Crippen MR) is 95.0 cm³/mol. The van der Waals surface area contributed by atoms with Gasteiger partial charge in [-0.2, -0.15) is 0 Å². The van der Waals surface area contributed by atoms with Gasteiger partial charge in [-0.05, 0) is 19.1 Å². The third-order valence-electron chi connectivity index (χ3n) is 4.03. The Kier molecular flexibility index (Phi) is 3.80. The molecule has 0 unspecified atom stereocenters. The molecule has 1 heterocycles. The van der Waals surface area contributed by atoms with E-state index >= 15 is 0 Å². The van der Waals surface area contributed by atoms with Gasteiger partial charge in [0.1, 0.15) is 5.75 Å². The predicted octanol–water partition coefficient (Wildman–Crippen LogP) is 4.91. The van der Waals surface area contributed by atoms with Crippen molar-refractivity contribution in [3.05, 3.63) is 53.7 Å². The number of methoxy groups -OCH3 is 1. The van der Waals surface area contributed by atoms with Crippen molar-refractivity contribution in [1.82, 2.24) is 9.97 Å². The third-order valence-corrected chi connectivity index (χ3v) is 4.03. The van der Waals surface area contributed by atoms with Crippen molar-refractivity contribution in [2.24, 2.45) is 0 Å². The standard InChI is InChI=1S/C20H22N2O/c1-13-16(23-5)12-11-15-17(13)21-19(14-9-7-6-8-10-14)22-18(15)20(2,3)4/h6-12H,1-5H3. The van der Waals surface area contributed by atoms with E-state index in [-0.39, 0.29) is 5.41 Å². The van der Waals surface area contributed by atoms with Crippen LogP contribution >= 0.6 is 0 Å². The van der Waals surface area contributed by atoms with Crippen molar-refractivity contribution in [2.45, 2.75) is 33.1 Å². The molecule has 3 rings (SSSR count). The van der Waals surface area contributed by atoms with Gasteiger partial charge < -0.3 is 4.74 Å². The maximum absolute atomic E-state index is 5.46. The van der Waals surface area contributed by atoms with Crippen LogP contribution in [0, 0.1) is 6.92 Å². The number of rotatable bonds is 2. The van der Waals surface area contributed by atoms with E-state index < -0.39 is 0 Å². The molecular formula is C20H22N2O. The van der Waals surface area contributed by atoms with Gasteiger partial charge in [0.25, 0.3) is 0 Å². The minimum atomic E-state index is -0.0637. The summed E-state index contributed by atoms with van der Waals surface area (Å²) >= 11 is 0. The van der Waals surface area contributed by atoms with Gasteiger partial charge in [-0.15, -0.1) is 0 Å². The molecule has 3 nitrogen and oxygen atoms in total. The zero-order valence-electron chi connectivity index (χ0n) is 14.3. The Balaban J connectivity index is 2.38. The van der Waals surface area contributed by atoms with Gasteiger partial charge in [-0.25, -0.2) is 9.97 Å². The first kappa shape index (κ1) is 15.5. The van der Waals surface area contributed by atoms with Gasteiger partial charge in [0.15, 0.2) is 5.82 Å². The summed E-state index contributed by atoms with van der Waals surface area (Å²) in [6.07, 6.45) is 0. The molecule has 118 valence electrons. The topological polar surface area (TPSA) is 35.0 Å². The van der Waals surface area contributed by atoms with Gasteiger partial charge in [-0.1, -0.05) is 51.1 Å². The Labute approximate surface area is 137 Å². The summed E-state index contributed by atoms with van der Waals surface area (Å²) < 4.78 is 5.46. The molecule has 0 spiro atoms. The van der Waals surface area contributed by atoms with E-state index in [4.69, 9.17) is 14.7 Å². The molecule has 0 saturated heterocycles. The molecule has 0 bridgehead atoms. The van der Waals surface area contributed by atoms with Crippen molar-refractivity contribution in [3.63, 3.8) is 0 Å². The van der Waals surface area contributed by atoms with E-state index in [1.165, 1.54) is 0 Å². The van der Waals surface area contributed by atoms with Crippen molar-refractivity contribution in [1.29, 1.82) is 0 Å². The second-order valence-corrected chi connectivity index (χ2v) is 6.80. The molecule has 1 aromatic heterocycles. The Morgan fingerprint density at radius 1 is 0.913 bits per heavy atom. The van der Waals surface area contributed by atoms with Crippen LogP contribution in [0.3, 0.4) is 0 Å². The molecule has 0 atom stereocenters. The number of benzene rings is 2. The SMILES string of the molecule is COc1ccc2c(C(C)(C)C)nc(-c3ccccc3)nc2c1C. The van der Waals surface area contributed by atoms with E-state index in [0.717, 1.165) is 39.3 Å². The zero-order chi connectivity index (χ0) is 16.6. The highest BCUT2D eigenvalue weighted by Gasteiger charge is 2.22. The van der Waals surface area contributed by atoms with Crippen LogP contribution in [0.1, 0.15) is 32.0 Å². The minimum absolute atomic E-state index is 0.0637. The maximum Gasteiger partial charge on any atom is 0.160 e. The number of aromatic nitrogens is 2.